The lowest BCUT2D eigenvalue weighted by Gasteiger charge is -2.21. The van der Waals surface area contributed by atoms with E-state index in [2.05, 4.69) is 10.1 Å². The van der Waals surface area contributed by atoms with Crippen LogP contribution in [0.3, 0.4) is 0 Å². The van der Waals surface area contributed by atoms with Crippen LogP contribution >= 0.6 is 0 Å². The summed E-state index contributed by atoms with van der Waals surface area (Å²) in [6.45, 7) is 2.21. The molecule has 1 aromatic rings. The highest BCUT2D eigenvalue weighted by Gasteiger charge is 2.47. The maximum Gasteiger partial charge on any atom is 0.250 e. The number of hydrogen-bond donors (Lipinski definition) is 0. The van der Waals surface area contributed by atoms with Gasteiger partial charge >= 0.3 is 0 Å². The summed E-state index contributed by atoms with van der Waals surface area (Å²) in [5.41, 5.74) is 0. The molecule has 5 nitrogen and oxygen atoms in total. The van der Waals surface area contributed by atoms with E-state index in [0.29, 0.717) is 24.5 Å². The topological polar surface area (TPSA) is 57.4 Å². The van der Waals surface area contributed by atoms with E-state index in [1.165, 1.54) is 25.7 Å². The quantitative estimate of drug-likeness (QED) is 0.836. The molecule has 1 aliphatic heterocycles. The molecule has 3 aliphatic rings. The van der Waals surface area contributed by atoms with Gasteiger partial charge in [-0.05, 0) is 37.5 Å². The van der Waals surface area contributed by atoms with Crippen molar-refractivity contribution in [2.45, 2.75) is 50.5 Å². The molecule has 2 heterocycles. The van der Waals surface area contributed by atoms with Gasteiger partial charge in [0, 0.05) is 25.2 Å². The van der Waals surface area contributed by atoms with E-state index < -0.39 is 0 Å². The molecule has 1 aromatic heterocycles. The van der Waals surface area contributed by atoms with Crippen LogP contribution in [0.5, 0.6) is 0 Å². The zero-order valence-electron chi connectivity index (χ0n) is 12.9. The highest BCUT2D eigenvalue weighted by atomic mass is 16.5. The van der Waals surface area contributed by atoms with Gasteiger partial charge in [-0.25, -0.2) is 0 Å². The first-order valence-corrected chi connectivity index (χ1v) is 8.59. The van der Waals surface area contributed by atoms with Gasteiger partial charge < -0.3 is 14.0 Å². The van der Waals surface area contributed by atoms with Crippen molar-refractivity contribution in [3.05, 3.63) is 17.8 Å². The van der Waals surface area contributed by atoms with Crippen molar-refractivity contribution in [2.75, 3.05) is 19.8 Å². The molecule has 0 N–H and O–H groups in total. The standard InChI is InChI=1S/C17H24N2O3/c1-3-12-11-15(12)14(4-1)17-18-16(22-19-17)5-2-8-21-13-6-9-20-10-7-13/h2,5,12-15H,1,3-4,6-11H2/b5-2+. The molecule has 2 saturated carbocycles. The van der Waals surface area contributed by atoms with Gasteiger partial charge in [0.15, 0.2) is 5.82 Å². The summed E-state index contributed by atoms with van der Waals surface area (Å²) in [5, 5.41) is 4.19. The van der Waals surface area contributed by atoms with Crippen LogP contribution in [0.2, 0.25) is 0 Å². The van der Waals surface area contributed by atoms with Gasteiger partial charge in [0.1, 0.15) is 0 Å². The van der Waals surface area contributed by atoms with Crippen molar-refractivity contribution >= 4 is 6.08 Å². The molecule has 22 heavy (non-hydrogen) atoms. The molecule has 4 rings (SSSR count). The van der Waals surface area contributed by atoms with Crippen LogP contribution in [0.25, 0.3) is 6.08 Å². The molecule has 1 saturated heterocycles. The number of fused-ring (bicyclic) bond motifs is 1. The molecule has 3 unspecified atom stereocenters. The Bertz CT molecular complexity index is 522. The monoisotopic (exact) mass is 304 g/mol. The Kier molecular flexibility index (Phi) is 4.26. The first-order valence-electron chi connectivity index (χ1n) is 8.59. The van der Waals surface area contributed by atoms with Gasteiger partial charge in [0.25, 0.3) is 0 Å². The van der Waals surface area contributed by atoms with Crippen molar-refractivity contribution in [1.29, 1.82) is 0 Å². The molecular formula is C17H24N2O3. The van der Waals surface area contributed by atoms with Crippen LogP contribution in [-0.2, 0) is 9.47 Å². The molecule has 3 atom stereocenters. The van der Waals surface area contributed by atoms with Crippen LogP contribution in [0, 0.1) is 11.8 Å². The molecule has 0 amide bonds. The van der Waals surface area contributed by atoms with Gasteiger partial charge in [-0.2, -0.15) is 4.98 Å². The Balaban J connectivity index is 1.27. The van der Waals surface area contributed by atoms with Crippen molar-refractivity contribution < 1.29 is 14.0 Å². The third-order valence-electron chi connectivity index (χ3n) is 5.23. The Hall–Kier alpha value is -1.20. The number of rotatable bonds is 5. The van der Waals surface area contributed by atoms with Crippen molar-refractivity contribution in [2.24, 2.45) is 11.8 Å². The minimum atomic E-state index is 0.325. The summed E-state index contributed by atoms with van der Waals surface area (Å²) in [6.07, 6.45) is 11.4. The van der Waals surface area contributed by atoms with Crippen LogP contribution in [-0.4, -0.2) is 36.1 Å². The Morgan fingerprint density at radius 2 is 2.09 bits per heavy atom. The highest BCUT2D eigenvalue weighted by molar-refractivity contribution is 5.37. The predicted molar refractivity (Wildman–Crippen MR) is 81.3 cm³/mol. The van der Waals surface area contributed by atoms with E-state index in [4.69, 9.17) is 14.0 Å². The normalized spacial score (nSPS) is 32.3. The summed E-state index contributed by atoms with van der Waals surface area (Å²) < 4.78 is 16.5. The van der Waals surface area contributed by atoms with E-state index in [1.807, 2.05) is 12.2 Å². The van der Waals surface area contributed by atoms with Gasteiger partial charge in [-0.15, -0.1) is 0 Å². The summed E-state index contributed by atoms with van der Waals surface area (Å²) in [7, 11) is 0. The minimum Gasteiger partial charge on any atom is -0.381 e. The van der Waals surface area contributed by atoms with Crippen LogP contribution < -0.4 is 0 Å². The van der Waals surface area contributed by atoms with E-state index in [1.54, 1.807) is 0 Å². The van der Waals surface area contributed by atoms with E-state index >= 15 is 0 Å². The van der Waals surface area contributed by atoms with E-state index in [-0.39, 0.29) is 0 Å². The largest absolute Gasteiger partial charge is 0.381 e. The number of ether oxygens (including phenoxy) is 2. The SMILES string of the molecule is C(=C\c1nc(C2CCCC3CC32)no1)/COC1CCOCC1. The summed E-state index contributed by atoms with van der Waals surface area (Å²) in [5.74, 6) is 3.80. The van der Waals surface area contributed by atoms with E-state index in [9.17, 15) is 0 Å². The molecule has 0 bridgehead atoms. The van der Waals surface area contributed by atoms with Crippen LogP contribution in [0.4, 0.5) is 0 Å². The predicted octanol–water partition coefficient (Wildman–Crippen LogP) is 3.18. The number of aromatic nitrogens is 2. The zero-order chi connectivity index (χ0) is 14.8. The maximum atomic E-state index is 5.79. The molecule has 3 fully saturated rings. The molecule has 5 heteroatoms. The second kappa shape index (κ2) is 6.50. The van der Waals surface area contributed by atoms with Crippen molar-refractivity contribution in [3.63, 3.8) is 0 Å². The average molecular weight is 304 g/mol. The van der Waals surface area contributed by atoms with Gasteiger partial charge in [-0.1, -0.05) is 24.1 Å². The second-order valence-corrected chi connectivity index (χ2v) is 6.74. The number of hydrogen-bond acceptors (Lipinski definition) is 5. The summed E-state index contributed by atoms with van der Waals surface area (Å²) in [4.78, 5) is 4.56. The third kappa shape index (κ3) is 3.25. The lowest BCUT2D eigenvalue weighted by atomic mass is 9.88. The molecule has 0 aromatic carbocycles. The lowest BCUT2D eigenvalue weighted by molar-refractivity contribution is -0.0221. The second-order valence-electron chi connectivity index (χ2n) is 6.74. The maximum absolute atomic E-state index is 5.79. The number of nitrogens with zero attached hydrogens (tertiary/aromatic N) is 2. The Morgan fingerprint density at radius 1 is 1.18 bits per heavy atom. The lowest BCUT2D eigenvalue weighted by Crippen LogP contribution is -2.23. The summed E-state index contributed by atoms with van der Waals surface area (Å²) in [6, 6.07) is 0. The fraction of sp³-hybridized carbons (Fsp3) is 0.765. The third-order valence-corrected chi connectivity index (χ3v) is 5.23. The van der Waals surface area contributed by atoms with Gasteiger partial charge in [-0.3, -0.25) is 0 Å². The average Bonchev–Trinajstić information content (AvgIpc) is 3.22. The van der Waals surface area contributed by atoms with Crippen LogP contribution in [0.15, 0.2) is 10.6 Å². The fourth-order valence-electron chi connectivity index (χ4n) is 3.88. The van der Waals surface area contributed by atoms with Gasteiger partial charge in [0.2, 0.25) is 5.89 Å². The van der Waals surface area contributed by atoms with E-state index in [0.717, 1.165) is 43.7 Å². The summed E-state index contributed by atoms with van der Waals surface area (Å²) >= 11 is 0. The first kappa shape index (κ1) is 14.4. The Labute approximate surface area is 131 Å². The minimum absolute atomic E-state index is 0.325. The van der Waals surface area contributed by atoms with Gasteiger partial charge in [0.05, 0.1) is 12.7 Å². The molecule has 0 spiro atoms. The molecule has 120 valence electrons. The van der Waals surface area contributed by atoms with Crippen molar-refractivity contribution in [3.8, 4) is 0 Å². The molecule has 2 aliphatic carbocycles. The first-order chi connectivity index (χ1) is 10.9. The Morgan fingerprint density at radius 3 is 3.00 bits per heavy atom. The molecule has 0 radical (unpaired) electrons. The molecular weight excluding hydrogens is 280 g/mol. The fourth-order valence-corrected chi connectivity index (χ4v) is 3.88. The van der Waals surface area contributed by atoms with Crippen molar-refractivity contribution in [1.82, 2.24) is 10.1 Å². The zero-order valence-corrected chi connectivity index (χ0v) is 12.9. The van der Waals surface area contributed by atoms with Crippen LogP contribution in [0.1, 0.15) is 56.2 Å². The highest BCUT2D eigenvalue weighted by Crippen LogP contribution is 2.55. The smallest absolute Gasteiger partial charge is 0.250 e.